The summed E-state index contributed by atoms with van der Waals surface area (Å²) in [6.45, 7) is 1.39. The number of alkyl carbamates (subject to hydrolysis) is 1. The highest BCUT2D eigenvalue weighted by molar-refractivity contribution is 5.89. The summed E-state index contributed by atoms with van der Waals surface area (Å²) >= 11 is 0. The first kappa shape index (κ1) is 23.1. The molecule has 1 fully saturated rings. The molecule has 0 saturated carbocycles. The minimum Gasteiger partial charge on any atom is -0.497 e. The van der Waals surface area contributed by atoms with E-state index in [0.29, 0.717) is 5.89 Å². The lowest BCUT2D eigenvalue weighted by Crippen LogP contribution is -2.44. The molecule has 1 aromatic heterocycles. The largest absolute Gasteiger partial charge is 0.497 e. The average molecular weight is 472 g/mol. The van der Waals surface area contributed by atoms with Crippen LogP contribution in [-0.4, -0.2) is 46.8 Å². The number of hydrogen-bond donors (Lipinski definition) is 1. The number of rotatable bonds is 7. The fourth-order valence-electron chi connectivity index (χ4n) is 3.85. The van der Waals surface area contributed by atoms with Crippen molar-refractivity contribution in [2.45, 2.75) is 32.0 Å². The second-order valence-corrected chi connectivity index (χ2v) is 7.73. The molecule has 0 radical (unpaired) electrons. The fraction of sp³-hybridized carbons (Fsp3) is 0.304. The van der Waals surface area contributed by atoms with Crippen LogP contribution < -0.4 is 10.1 Å². The first-order valence-corrected chi connectivity index (χ1v) is 10.4. The molecule has 1 N–H and O–H groups in total. The van der Waals surface area contributed by atoms with Gasteiger partial charge in [0.05, 0.1) is 13.7 Å². The molecule has 3 aromatic rings. The van der Waals surface area contributed by atoms with Crippen LogP contribution in [0.1, 0.15) is 28.8 Å². The van der Waals surface area contributed by atoms with Gasteiger partial charge in [-0.2, -0.15) is 0 Å². The second kappa shape index (κ2) is 9.86. The standard InChI is InChI=1S/C23H22F2N4O5/c1-13-27-28-19(34-13)11-29-10-16(20-17(24)8-15(32-2)9-18(20)25)21(22(29)30)26-23(31)33-12-14-6-4-3-5-7-14/h3-9,16,21H,10-12H2,1-2H3,(H,26,31)/t16-,21-/m0/s1. The number of carbonyl (C=O) groups excluding carboxylic acids is 2. The van der Waals surface area contributed by atoms with Gasteiger partial charge in [-0.05, 0) is 5.56 Å². The molecule has 1 aliphatic heterocycles. The van der Waals surface area contributed by atoms with Crippen LogP contribution in [0.5, 0.6) is 5.75 Å². The number of amides is 2. The minimum absolute atomic E-state index is 0.00644. The van der Waals surface area contributed by atoms with Crippen LogP contribution in [0.2, 0.25) is 0 Å². The predicted molar refractivity (Wildman–Crippen MR) is 114 cm³/mol. The maximum Gasteiger partial charge on any atom is 0.408 e. The van der Waals surface area contributed by atoms with E-state index in [9.17, 15) is 18.4 Å². The van der Waals surface area contributed by atoms with Gasteiger partial charge in [0.15, 0.2) is 0 Å². The monoisotopic (exact) mass is 472 g/mol. The van der Waals surface area contributed by atoms with Gasteiger partial charge < -0.3 is 24.1 Å². The molecular formula is C23H22F2N4O5. The highest BCUT2D eigenvalue weighted by Gasteiger charge is 2.45. The minimum atomic E-state index is -1.27. The lowest BCUT2D eigenvalue weighted by molar-refractivity contribution is -0.130. The van der Waals surface area contributed by atoms with E-state index in [0.717, 1.165) is 17.7 Å². The van der Waals surface area contributed by atoms with Gasteiger partial charge in [-0.15, -0.1) is 10.2 Å². The van der Waals surface area contributed by atoms with E-state index in [1.54, 1.807) is 31.2 Å². The van der Waals surface area contributed by atoms with Gasteiger partial charge in [0.1, 0.15) is 30.0 Å². The van der Waals surface area contributed by atoms with E-state index in [2.05, 4.69) is 15.5 Å². The molecule has 0 spiro atoms. The van der Waals surface area contributed by atoms with Crippen molar-refractivity contribution in [3.63, 3.8) is 0 Å². The van der Waals surface area contributed by atoms with Crippen molar-refractivity contribution in [1.29, 1.82) is 0 Å². The first-order valence-electron chi connectivity index (χ1n) is 10.4. The molecule has 2 aromatic carbocycles. The van der Waals surface area contributed by atoms with Crippen LogP contribution in [0.15, 0.2) is 46.9 Å². The van der Waals surface area contributed by atoms with E-state index in [-0.39, 0.29) is 36.9 Å². The summed E-state index contributed by atoms with van der Waals surface area (Å²) in [5.41, 5.74) is 0.402. The maximum absolute atomic E-state index is 14.9. The van der Waals surface area contributed by atoms with Gasteiger partial charge in [-0.25, -0.2) is 13.6 Å². The lowest BCUT2D eigenvalue weighted by atomic mass is 9.93. The van der Waals surface area contributed by atoms with Gasteiger partial charge in [0, 0.05) is 37.1 Å². The van der Waals surface area contributed by atoms with Crippen LogP contribution in [0.3, 0.4) is 0 Å². The normalized spacial score (nSPS) is 17.6. The van der Waals surface area contributed by atoms with Crippen LogP contribution in [0, 0.1) is 18.6 Å². The molecule has 11 heteroatoms. The zero-order chi connectivity index (χ0) is 24.2. The molecule has 9 nitrogen and oxygen atoms in total. The molecular weight excluding hydrogens is 450 g/mol. The summed E-state index contributed by atoms with van der Waals surface area (Å²) in [6, 6.07) is 9.72. The van der Waals surface area contributed by atoms with Crippen molar-refractivity contribution in [2.75, 3.05) is 13.7 Å². The number of methoxy groups -OCH3 is 1. The number of nitrogens with zero attached hydrogens (tertiary/aromatic N) is 3. The molecule has 2 amide bonds. The van der Waals surface area contributed by atoms with Crippen LogP contribution in [0.4, 0.5) is 13.6 Å². The molecule has 178 valence electrons. The van der Waals surface area contributed by atoms with Crippen LogP contribution >= 0.6 is 0 Å². The van der Waals surface area contributed by atoms with E-state index < -0.39 is 35.6 Å². The van der Waals surface area contributed by atoms with Crippen molar-refractivity contribution in [3.05, 3.63) is 77.0 Å². The topological polar surface area (TPSA) is 107 Å². The first-order chi connectivity index (χ1) is 16.4. The summed E-state index contributed by atoms with van der Waals surface area (Å²) in [7, 11) is 1.29. The SMILES string of the molecule is COc1cc(F)c([C@@H]2CN(Cc3nnc(C)o3)C(=O)[C@H]2NC(=O)OCc2ccccc2)c(F)c1. The molecule has 1 saturated heterocycles. The molecule has 4 rings (SSSR count). The number of hydrogen-bond acceptors (Lipinski definition) is 7. The summed E-state index contributed by atoms with van der Waals surface area (Å²) in [6.07, 6.45) is -0.892. The number of likely N-dealkylation sites (tertiary alicyclic amines) is 1. The average Bonchev–Trinajstić information content (AvgIpc) is 3.36. The summed E-state index contributed by atoms with van der Waals surface area (Å²) in [4.78, 5) is 26.9. The Morgan fingerprint density at radius 3 is 2.53 bits per heavy atom. The number of benzene rings is 2. The third-order valence-electron chi connectivity index (χ3n) is 5.44. The fourth-order valence-corrected chi connectivity index (χ4v) is 3.85. The lowest BCUT2D eigenvalue weighted by Gasteiger charge is -2.20. The summed E-state index contributed by atoms with van der Waals surface area (Å²) < 4.78 is 45.2. The number of nitrogens with one attached hydrogen (secondary N) is 1. The van der Waals surface area contributed by atoms with Crippen molar-refractivity contribution < 1.29 is 32.3 Å². The summed E-state index contributed by atoms with van der Waals surface area (Å²) in [5, 5.41) is 10.0. The highest BCUT2D eigenvalue weighted by atomic mass is 19.1. The predicted octanol–water partition coefficient (Wildman–Crippen LogP) is 3.09. The number of carbonyl (C=O) groups is 2. The second-order valence-electron chi connectivity index (χ2n) is 7.73. The Labute approximate surface area is 193 Å². The van der Waals surface area contributed by atoms with Gasteiger partial charge >= 0.3 is 6.09 Å². The van der Waals surface area contributed by atoms with Crippen LogP contribution in [0.25, 0.3) is 0 Å². The molecule has 1 aliphatic rings. The third kappa shape index (κ3) is 4.98. The molecule has 2 atom stereocenters. The van der Waals surface area contributed by atoms with E-state index in [1.807, 2.05) is 6.07 Å². The Balaban J connectivity index is 1.57. The van der Waals surface area contributed by atoms with E-state index in [4.69, 9.17) is 13.9 Å². The van der Waals surface area contributed by atoms with Crippen molar-refractivity contribution in [2.24, 2.45) is 0 Å². The van der Waals surface area contributed by atoms with Gasteiger partial charge in [0.25, 0.3) is 0 Å². The van der Waals surface area contributed by atoms with E-state index >= 15 is 0 Å². The zero-order valence-electron chi connectivity index (χ0n) is 18.5. The molecule has 0 unspecified atom stereocenters. The van der Waals surface area contributed by atoms with Gasteiger partial charge in [0.2, 0.25) is 17.7 Å². The molecule has 0 aliphatic carbocycles. The number of aromatic nitrogens is 2. The van der Waals surface area contributed by atoms with Crippen molar-refractivity contribution in [3.8, 4) is 5.75 Å². The van der Waals surface area contributed by atoms with Gasteiger partial charge in [-0.3, -0.25) is 4.79 Å². The smallest absolute Gasteiger partial charge is 0.408 e. The Morgan fingerprint density at radius 1 is 1.21 bits per heavy atom. The number of ether oxygens (including phenoxy) is 2. The Hall–Kier alpha value is -4.02. The Kier molecular flexibility index (Phi) is 6.71. The van der Waals surface area contributed by atoms with Crippen molar-refractivity contribution >= 4 is 12.0 Å². The Bertz CT molecular complexity index is 1160. The van der Waals surface area contributed by atoms with Gasteiger partial charge in [-0.1, -0.05) is 30.3 Å². The number of aryl methyl sites for hydroxylation is 1. The zero-order valence-corrected chi connectivity index (χ0v) is 18.5. The maximum atomic E-state index is 14.9. The van der Waals surface area contributed by atoms with E-state index in [1.165, 1.54) is 12.0 Å². The third-order valence-corrected chi connectivity index (χ3v) is 5.44. The quantitative estimate of drug-likeness (QED) is 0.563. The Morgan fingerprint density at radius 2 is 1.91 bits per heavy atom. The summed E-state index contributed by atoms with van der Waals surface area (Å²) in [5.74, 6) is -2.92. The number of halogens is 2. The molecule has 2 heterocycles. The van der Waals surface area contributed by atoms with Crippen LogP contribution in [-0.2, 0) is 22.7 Å². The highest BCUT2D eigenvalue weighted by Crippen LogP contribution is 2.35. The molecule has 34 heavy (non-hydrogen) atoms. The molecule has 0 bridgehead atoms. The van der Waals surface area contributed by atoms with Crippen molar-refractivity contribution in [1.82, 2.24) is 20.4 Å².